The Balaban J connectivity index is 3.07. The molecular weight excluding hydrogens is 184 g/mol. The number of benzene rings is 1. The molecule has 70 valence electrons. The van der Waals surface area contributed by atoms with Crippen molar-refractivity contribution in [3.8, 4) is 0 Å². The van der Waals surface area contributed by atoms with E-state index in [0.717, 1.165) is 6.20 Å². The Morgan fingerprint density at radius 2 is 2.21 bits per heavy atom. The van der Waals surface area contributed by atoms with Crippen molar-refractivity contribution in [2.24, 2.45) is 5.11 Å². The number of nitrogens with zero attached hydrogens (tertiary/aromatic N) is 4. The zero-order valence-corrected chi connectivity index (χ0v) is 7.07. The topological polar surface area (TPSA) is 91.9 Å². The predicted octanol–water partition coefficient (Wildman–Crippen LogP) is 2.88. The number of rotatable bonds is 3. The molecule has 0 fully saturated rings. The van der Waals surface area contributed by atoms with Gasteiger partial charge in [0.1, 0.15) is 0 Å². The van der Waals surface area contributed by atoms with Crippen LogP contribution in [0.3, 0.4) is 0 Å². The summed E-state index contributed by atoms with van der Waals surface area (Å²) in [7, 11) is 0. The third kappa shape index (κ3) is 2.62. The van der Waals surface area contributed by atoms with Crippen molar-refractivity contribution in [2.75, 3.05) is 0 Å². The molecule has 6 nitrogen and oxygen atoms in total. The minimum absolute atomic E-state index is 0.369. The molecule has 0 saturated carbocycles. The van der Waals surface area contributed by atoms with Crippen molar-refractivity contribution in [1.29, 1.82) is 0 Å². The van der Waals surface area contributed by atoms with Gasteiger partial charge in [0.05, 0.1) is 4.92 Å². The summed E-state index contributed by atoms with van der Waals surface area (Å²) in [6.45, 7) is 0. The molecule has 0 aliphatic carbocycles. The number of azide groups is 1. The van der Waals surface area contributed by atoms with Crippen LogP contribution >= 0.6 is 0 Å². The highest BCUT2D eigenvalue weighted by atomic mass is 16.6. The van der Waals surface area contributed by atoms with Crippen LogP contribution in [0.2, 0.25) is 0 Å². The van der Waals surface area contributed by atoms with Crippen molar-refractivity contribution in [1.82, 2.24) is 0 Å². The highest BCUT2D eigenvalue weighted by molar-refractivity contribution is 5.62. The Morgan fingerprint density at radius 1 is 1.50 bits per heavy atom. The van der Waals surface area contributed by atoms with Gasteiger partial charge in [-0.25, -0.2) is 0 Å². The Labute approximate surface area is 79.3 Å². The molecule has 6 heteroatoms. The van der Waals surface area contributed by atoms with Crippen molar-refractivity contribution in [3.63, 3.8) is 0 Å². The Morgan fingerprint density at radius 3 is 2.86 bits per heavy atom. The average Bonchev–Trinajstić information content (AvgIpc) is 2.17. The predicted molar refractivity (Wildman–Crippen MR) is 51.3 cm³/mol. The molecule has 0 heterocycles. The molecule has 1 aromatic carbocycles. The zero-order valence-electron chi connectivity index (χ0n) is 7.07. The molecule has 0 aliphatic rings. The summed E-state index contributed by atoms with van der Waals surface area (Å²) < 4.78 is 0. The number of nitro groups is 1. The van der Waals surface area contributed by atoms with Gasteiger partial charge in [-0.1, -0.05) is 29.4 Å². The van der Waals surface area contributed by atoms with Gasteiger partial charge in [0.15, 0.2) is 0 Å². The van der Waals surface area contributed by atoms with E-state index in [1.165, 1.54) is 6.08 Å². The van der Waals surface area contributed by atoms with Crippen LogP contribution in [-0.4, -0.2) is 4.92 Å². The van der Waals surface area contributed by atoms with Crippen molar-refractivity contribution >= 4 is 11.8 Å². The molecule has 0 amide bonds. The maximum Gasteiger partial charge on any atom is 0.235 e. The number of hydrogen-bond donors (Lipinski definition) is 0. The lowest BCUT2D eigenvalue weighted by molar-refractivity contribution is -0.400. The van der Waals surface area contributed by atoms with Crippen molar-refractivity contribution in [2.45, 2.75) is 0 Å². The highest BCUT2D eigenvalue weighted by Crippen LogP contribution is 2.19. The minimum Gasteiger partial charge on any atom is -0.259 e. The molecule has 0 spiro atoms. The first kappa shape index (κ1) is 9.76. The van der Waals surface area contributed by atoms with Crippen LogP contribution in [0.1, 0.15) is 5.56 Å². The fraction of sp³-hybridized carbons (Fsp3) is 0. The number of hydrogen-bond acceptors (Lipinski definition) is 3. The van der Waals surface area contributed by atoms with Gasteiger partial charge in [0.2, 0.25) is 6.20 Å². The van der Waals surface area contributed by atoms with Gasteiger partial charge in [-0.2, -0.15) is 0 Å². The molecule has 14 heavy (non-hydrogen) atoms. The molecular formula is C8H6N4O2. The van der Waals surface area contributed by atoms with Crippen LogP contribution in [0.4, 0.5) is 5.69 Å². The maximum atomic E-state index is 10.1. The molecule has 0 bridgehead atoms. The summed E-state index contributed by atoms with van der Waals surface area (Å²) in [6.07, 6.45) is 2.08. The summed E-state index contributed by atoms with van der Waals surface area (Å²) >= 11 is 0. The first-order valence-electron chi connectivity index (χ1n) is 3.70. The highest BCUT2D eigenvalue weighted by Gasteiger charge is 1.96. The smallest absolute Gasteiger partial charge is 0.235 e. The van der Waals surface area contributed by atoms with E-state index >= 15 is 0 Å². The fourth-order valence-electron chi connectivity index (χ4n) is 0.909. The van der Waals surface area contributed by atoms with Gasteiger partial charge >= 0.3 is 0 Å². The second-order valence-corrected chi connectivity index (χ2v) is 2.35. The van der Waals surface area contributed by atoms with Gasteiger partial charge in [0.25, 0.3) is 0 Å². The lowest BCUT2D eigenvalue weighted by atomic mass is 10.2. The van der Waals surface area contributed by atoms with E-state index in [0.29, 0.717) is 11.3 Å². The van der Waals surface area contributed by atoms with Crippen LogP contribution in [-0.2, 0) is 0 Å². The standard InChI is InChI=1S/C8H6N4O2/c9-11-10-8-4-2-1-3-7(8)5-6-12(13)14/h1-6H/b6-5+. The normalized spacial score (nSPS) is 9.71. The fourth-order valence-corrected chi connectivity index (χ4v) is 0.909. The van der Waals surface area contributed by atoms with Crippen molar-refractivity contribution < 1.29 is 4.92 Å². The van der Waals surface area contributed by atoms with Gasteiger partial charge in [0, 0.05) is 16.7 Å². The molecule has 1 rings (SSSR count). The molecule has 0 saturated heterocycles. The monoisotopic (exact) mass is 190 g/mol. The van der Waals surface area contributed by atoms with E-state index in [1.54, 1.807) is 24.3 Å². The van der Waals surface area contributed by atoms with Gasteiger partial charge in [-0.05, 0) is 11.1 Å². The van der Waals surface area contributed by atoms with E-state index in [9.17, 15) is 10.1 Å². The van der Waals surface area contributed by atoms with Gasteiger partial charge < -0.3 is 0 Å². The van der Waals surface area contributed by atoms with Crippen LogP contribution in [0.15, 0.2) is 35.6 Å². The second kappa shape index (κ2) is 4.64. The first-order valence-corrected chi connectivity index (χ1v) is 3.70. The molecule has 0 aromatic heterocycles. The van der Waals surface area contributed by atoms with Crippen LogP contribution < -0.4 is 0 Å². The Kier molecular flexibility index (Phi) is 3.23. The van der Waals surface area contributed by atoms with E-state index in [1.807, 2.05) is 0 Å². The van der Waals surface area contributed by atoms with E-state index in [4.69, 9.17) is 5.53 Å². The third-order valence-electron chi connectivity index (χ3n) is 1.47. The maximum absolute atomic E-state index is 10.1. The van der Waals surface area contributed by atoms with Crippen LogP contribution in [0, 0.1) is 10.1 Å². The lowest BCUT2D eigenvalue weighted by Crippen LogP contribution is -1.82. The van der Waals surface area contributed by atoms with Crippen LogP contribution in [0.25, 0.3) is 16.5 Å². The summed E-state index contributed by atoms with van der Waals surface area (Å²) in [5, 5.41) is 13.4. The molecule has 0 N–H and O–H groups in total. The third-order valence-corrected chi connectivity index (χ3v) is 1.47. The molecule has 0 aliphatic heterocycles. The molecule has 0 radical (unpaired) electrons. The average molecular weight is 190 g/mol. The summed E-state index contributed by atoms with van der Waals surface area (Å²) in [4.78, 5) is 12.1. The zero-order chi connectivity index (χ0) is 10.4. The van der Waals surface area contributed by atoms with E-state index in [-0.39, 0.29) is 0 Å². The SMILES string of the molecule is [N-]=[N+]=Nc1ccccc1/C=C/[N+](=O)[O-]. The summed E-state index contributed by atoms with van der Waals surface area (Å²) in [5.74, 6) is 0. The summed E-state index contributed by atoms with van der Waals surface area (Å²) in [6, 6.07) is 6.60. The van der Waals surface area contributed by atoms with Gasteiger partial charge in [-0.3, -0.25) is 10.1 Å². The largest absolute Gasteiger partial charge is 0.259 e. The first-order chi connectivity index (χ1) is 6.74. The molecule has 0 unspecified atom stereocenters. The second-order valence-electron chi connectivity index (χ2n) is 2.35. The van der Waals surface area contributed by atoms with E-state index in [2.05, 4.69) is 10.0 Å². The lowest BCUT2D eigenvalue weighted by Gasteiger charge is -1.95. The van der Waals surface area contributed by atoms with Gasteiger partial charge in [-0.15, -0.1) is 0 Å². The van der Waals surface area contributed by atoms with Crippen molar-refractivity contribution in [3.05, 3.63) is 56.6 Å². The summed E-state index contributed by atoms with van der Waals surface area (Å²) in [5.41, 5.74) is 9.11. The molecule has 1 aromatic rings. The van der Waals surface area contributed by atoms with E-state index < -0.39 is 4.92 Å². The quantitative estimate of drug-likeness (QED) is 0.241. The Hall–Kier alpha value is -2.33. The van der Waals surface area contributed by atoms with Crippen LogP contribution in [0.5, 0.6) is 0 Å². The minimum atomic E-state index is -0.577. The Bertz CT molecular complexity index is 421. The molecule has 0 atom stereocenters.